The molecule has 0 spiro atoms. The predicted octanol–water partition coefficient (Wildman–Crippen LogP) is 3.47. The predicted molar refractivity (Wildman–Crippen MR) is 105 cm³/mol. The van der Waals surface area contributed by atoms with E-state index in [9.17, 15) is 5.11 Å². The van der Waals surface area contributed by atoms with Crippen molar-refractivity contribution < 1.29 is 19.3 Å². The molecule has 4 rings (SSSR count). The summed E-state index contributed by atoms with van der Waals surface area (Å²) < 4.78 is 17.9. The SMILES string of the molecule is COc1cc2c(cc1OC1CCC1)CCN1CC(OC(C)(C)C)C(O)CC21. The molecule has 3 unspecified atom stereocenters. The molecule has 2 aliphatic heterocycles. The van der Waals surface area contributed by atoms with Crippen molar-refractivity contribution in [1.29, 1.82) is 0 Å². The monoisotopic (exact) mass is 375 g/mol. The molecule has 2 fully saturated rings. The Kier molecular flexibility index (Phi) is 5.12. The van der Waals surface area contributed by atoms with E-state index >= 15 is 0 Å². The van der Waals surface area contributed by atoms with Crippen LogP contribution in [0, 0.1) is 0 Å². The zero-order valence-electron chi connectivity index (χ0n) is 17.0. The van der Waals surface area contributed by atoms with Crippen LogP contribution < -0.4 is 9.47 Å². The van der Waals surface area contributed by atoms with Crippen LogP contribution in [0.4, 0.5) is 0 Å². The molecule has 5 nitrogen and oxygen atoms in total. The Morgan fingerprint density at radius 1 is 1.15 bits per heavy atom. The summed E-state index contributed by atoms with van der Waals surface area (Å²) in [7, 11) is 1.71. The molecule has 1 saturated carbocycles. The van der Waals surface area contributed by atoms with Gasteiger partial charge in [-0.1, -0.05) is 0 Å². The number of piperidine rings is 1. The Hall–Kier alpha value is -1.30. The van der Waals surface area contributed by atoms with Crippen molar-refractivity contribution in [3.63, 3.8) is 0 Å². The van der Waals surface area contributed by atoms with Gasteiger partial charge in [0.15, 0.2) is 11.5 Å². The second kappa shape index (κ2) is 7.26. The molecule has 0 aromatic heterocycles. The minimum Gasteiger partial charge on any atom is -0.493 e. The fourth-order valence-electron chi connectivity index (χ4n) is 4.48. The third-order valence-corrected chi connectivity index (χ3v) is 6.05. The summed E-state index contributed by atoms with van der Waals surface area (Å²) in [6.45, 7) is 7.90. The zero-order chi connectivity index (χ0) is 19.2. The number of hydrogen-bond acceptors (Lipinski definition) is 5. The molecule has 2 heterocycles. The molecule has 5 heteroatoms. The fourth-order valence-corrected chi connectivity index (χ4v) is 4.48. The first kappa shape index (κ1) is 19.0. The number of hydrogen-bond donors (Lipinski definition) is 1. The van der Waals surface area contributed by atoms with Crippen molar-refractivity contribution in [3.05, 3.63) is 23.3 Å². The molecule has 0 amide bonds. The average molecular weight is 376 g/mol. The minimum absolute atomic E-state index is 0.133. The van der Waals surface area contributed by atoms with E-state index in [1.54, 1.807) is 7.11 Å². The molecule has 3 aliphatic rings. The van der Waals surface area contributed by atoms with Gasteiger partial charge in [-0.3, -0.25) is 4.90 Å². The lowest BCUT2D eigenvalue weighted by molar-refractivity contribution is -0.149. The third-order valence-electron chi connectivity index (χ3n) is 6.05. The van der Waals surface area contributed by atoms with Crippen molar-refractivity contribution in [1.82, 2.24) is 4.90 Å². The molecule has 1 aliphatic carbocycles. The normalized spacial score (nSPS) is 28.9. The molecule has 0 bridgehead atoms. The lowest BCUT2D eigenvalue weighted by Crippen LogP contribution is -2.53. The van der Waals surface area contributed by atoms with Gasteiger partial charge in [-0.2, -0.15) is 0 Å². The van der Waals surface area contributed by atoms with E-state index in [2.05, 4.69) is 17.0 Å². The van der Waals surface area contributed by atoms with Crippen LogP contribution in [0.5, 0.6) is 11.5 Å². The topological polar surface area (TPSA) is 51.2 Å². The van der Waals surface area contributed by atoms with Crippen molar-refractivity contribution in [2.45, 2.75) is 82.8 Å². The van der Waals surface area contributed by atoms with Crippen molar-refractivity contribution >= 4 is 0 Å². The van der Waals surface area contributed by atoms with Crippen molar-refractivity contribution in [3.8, 4) is 11.5 Å². The molecule has 0 radical (unpaired) electrons. The van der Waals surface area contributed by atoms with E-state index in [-0.39, 0.29) is 17.7 Å². The summed E-state index contributed by atoms with van der Waals surface area (Å²) in [5.41, 5.74) is 2.35. The van der Waals surface area contributed by atoms with Crippen LogP contribution in [0.15, 0.2) is 12.1 Å². The van der Waals surface area contributed by atoms with E-state index in [4.69, 9.17) is 14.2 Å². The highest BCUT2D eigenvalue weighted by Crippen LogP contribution is 2.43. The molecule has 27 heavy (non-hydrogen) atoms. The van der Waals surface area contributed by atoms with E-state index < -0.39 is 6.10 Å². The van der Waals surface area contributed by atoms with Gasteiger partial charge < -0.3 is 19.3 Å². The first-order chi connectivity index (χ1) is 12.8. The average Bonchev–Trinajstić information content (AvgIpc) is 2.57. The van der Waals surface area contributed by atoms with Gasteiger partial charge in [0.1, 0.15) is 0 Å². The first-order valence-electron chi connectivity index (χ1n) is 10.3. The summed E-state index contributed by atoms with van der Waals surface area (Å²) in [4.78, 5) is 2.46. The smallest absolute Gasteiger partial charge is 0.161 e. The summed E-state index contributed by atoms with van der Waals surface area (Å²) >= 11 is 0. The number of ether oxygens (including phenoxy) is 3. The third kappa shape index (κ3) is 3.96. The maximum absolute atomic E-state index is 10.7. The van der Waals surface area contributed by atoms with Crippen LogP contribution in [0.25, 0.3) is 0 Å². The zero-order valence-corrected chi connectivity index (χ0v) is 17.0. The van der Waals surface area contributed by atoms with Crippen LogP contribution in [0.2, 0.25) is 0 Å². The fraction of sp³-hybridized carbons (Fsp3) is 0.727. The summed E-state index contributed by atoms with van der Waals surface area (Å²) in [6.07, 6.45) is 4.97. The molecule has 150 valence electrons. The number of aliphatic hydroxyl groups excluding tert-OH is 1. The molecular formula is C22H33NO4. The second-order valence-electron chi connectivity index (χ2n) is 9.21. The van der Waals surface area contributed by atoms with Gasteiger partial charge in [-0.15, -0.1) is 0 Å². The summed E-state index contributed by atoms with van der Waals surface area (Å²) in [6, 6.07) is 4.53. The van der Waals surface area contributed by atoms with Crippen LogP contribution in [-0.2, 0) is 11.2 Å². The largest absolute Gasteiger partial charge is 0.493 e. The van der Waals surface area contributed by atoms with E-state index in [0.717, 1.165) is 43.9 Å². The standard InChI is InChI=1S/C22H33NO4/c1-22(2,3)27-21-13-23-9-8-14-10-20(26-15-6-5-7-15)19(25-4)11-16(14)17(23)12-18(21)24/h10-11,15,17-18,21,24H,5-9,12-13H2,1-4H3. The van der Waals surface area contributed by atoms with Gasteiger partial charge in [0, 0.05) is 19.1 Å². The Morgan fingerprint density at radius 3 is 2.56 bits per heavy atom. The Balaban J connectivity index is 1.56. The number of benzene rings is 1. The highest BCUT2D eigenvalue weighted by Gasteiger charge is 2.40. The van der Waals surface area contributed by atoms with Gasteiger partial charge in [-0.25, -0.2) is 0 Å². The molecule has 1 saturated heterocycles. The first-order valence-corrected chi connectivity index (χ1v) is 10.3. The maximum atomic E-state index is 10.7. The van der Waals surface area contributed by atoms with Gasteiger partial charge in [-0.05, 0) is 76.1 Å². The van der Waals surface area contributed by atoms with E-state index in [1.165, 1.54) is 17.5 Å². The number of nitrogens with zero attached hydrogens (tertiary/aromatic N) is 1. The van der Waals surface area contributed by atoms with Crippen LogP contribution in [0.1, 0.15) is 63.6 Å². The van der Waals surface area contributed by atoms with Crippen molar-refractivity contribution in [2.75, 3.05) is 20.2 Å². The van der Waals surface area contributed by atoms with Crippen LogP contribution >= 0.6 is 0 Å². The molecule has 1 aromatic rings. The van der Waals surface area contributed by atoms with Gasteiger partial charge >= 0.3 is 0 Å². The van der Waals surface area contributed by atoms with E-state index in [1.807, 2.05) is 20.8 Å². The number of fused-ring (bicyclic) bond motifs is 3. The van der Waals surface area contributed by atoms with Gasteiger partial charge in [0.2, 0.25) is 0 Å². The lowest BCUT2D eigenvalue weighted by atomic mass is 9.84. The molecule has 1 N–H and O–H groups in total. The number of methoxy groups -OCH3 is 1. The highest BCUT2D eigenvalue weighted by molar-refractivity contribution is 5.50. The van der Waals surface area contributed by atoms with Crippen molar-refractivity contribution in [2.24, 2.45) is 0 Å². The molecule has 1 aromatic carbocycles. The highest BCUT2D eigenvalue weighted by atomic mass is 16.5. The Morgan fingerprint density at radius 2 is 1.93 bits per heavy atom. The van der Waals surface area contributed by atoms with Crippen LogP contribution in [-0.4, -0.2) is 54.1 Å². The van der Waals surface area contributed by atoms with Gasteiger partial charge in [0.25, 0.3) is 0 Å². The number of aliphatic hydroxyl groups is 1. The van der Waals surface area contributed by atoms with Crippen LogP contribution in [0.3, 0.4) is 0 Å². The quantitative estimate of drug-likeness (QED) is 0.873. The Bertz CT molecular complexity index is 680. The Labute approximate surface area is 162 Å². The second-order valence-corrected chi connectivity index (χ2v) is 9.21. The minimum atomic E-state index is -0.451. The van der Waals surface area contributed by atoms with Gasteiger partial charge in [0.05, 0.1) is 31.0 Å². The summed E-state index contributed by atoms with van der Waals surface area (Å²) in [5, 5.41) is 10.7. The van der Waals surface area contributed by atoms with E-state index in [0.29, 0.717) is 12.5 Å². The number of rotatable bonds is 4. The maximum Gasteiger partial charge on any atom is 0.161 e. The molecular weight excluding hydrogens is 342 g/mol. The summed E-state index contributed by atoms with van der Waals surface area (Å²) in [5.74, 6) is 1.68. The molecule has 3 atom stereocenters. The lowest BCUT2D eigenvalue weighted by Gasteiger charge is -2.47.